The maximum atomic E-state index is 5.35. The van der Waals surface area contributed by atoms with Crippen molar-refractivity contribution < 1.29 is 4.74 Å². The lowest BCUT2D eigenvalue weighted by molar-refractivity contribution is 0.122. The van der Waals surface area contributed by atoms with Crippen molar-refractivity contribution in [3.8, 4) is 0 Å². The van der Waals surface area contributed by atoms with Gasteiger partial charge in [0.25, 0.3) is 0 Å². The van der Waals surface area contributed by atoms with E-state index in [1.165, 1.54) is 5.69 Å². The first-order valence-electron chi connectivity index (χ1n) is 6.03. The number of fused-ring (bicyclic) bond motifs is 1. The van der Waals surface area contributed by atoms with Gasteiger partial charge in [-0.2, -0.15) is 5.10 Å². The van der Waals surface area contributed by atoms with Gasteiger partial charge in [-0.15, -0.1) is 0 Å². The smallest absolute Gasteiger partial charge is 0.151 e. The zero-order valence-corrected chi connectivity index (χ0v) is 9.48. The number of anilines is 1. The van der Waals surface area contributed by atoms with E-state index in [-0.39, 0.29) is 0 Å². The molecule has 16 heavy (non-hydrogen) atoms. The van der Waals surface area contributed by atoms with Gasteiger partial charge >= 0.3 is 0 Å². The Bertz CT molecular complexity index is 333. The van der Waals surface area contributed by atoms with E-state index in [0.29, 0.717) is 0 Å². The molecule has 5 nitrogen and oxygen atoms in total. The summed E-state index contributed by atoms with van der Waals surface area (Å²) < 4.78 is 7.50. The predicted molar refractivity (Wildman–Crippen MR) is 61.6 cm³/mol. The first-order valence-corrected chi connectivity index (χ1v) is 6.03. The Morgan fingerprint density at radius 2 is 2.12 bits per heavy atom. The fourth-order valence-electron chi connectivity index (χ4n) is 2.29. The molecule has 0 aliphatic carbocycles. The molecule has 0 atom stereocenters. The van der Waals surface area contributed by atoms with Crippen LogP contribution in [0.2, 0.25) is 0 Å². The van der Waals surface area contributed by atoms with E-state index in [4.69, 9.17) is 4.74 Å². The third kappa shape index (κ3) is 1.92. The Morgan fingerprint density at radius 1 is 1.25 bits per heavy atom. The van der Waals surface area contributed by atoms with Crippen LogP contribution in [0.1, 0.15) is 12.1 Å². The van der Waals surface area contributed by atoms with Crippen LogP contribution in [-0.4, -0.2) is 42.6 Å². The van der Waals surface area contributed by atoms with Crippen molar-refractivity contribution in [2.45, 2.75) is 19.5 Å². The van der Waals surface area contributed by atoms with E-state index in [1.807, 2.05) is 0 Å². The largest absolute Gasteiger partial charge is 0.378 e. The molecule has 0 amide bonds. The topological polar surface area (TPSA) is 42.3 Å². The summed E-state index contributed by atoms with van der Waals surface area (Å²) in [5.41, 5.74) is 1.30. The van der Waals surface area contributed by atoms with Crippen molar-refractivity contribution in [3.05, 3.63) is 11.8 Å². The Kier molecular flexibility index (Phi) is 2.80. The summed E-state index contributed by atoms with van der Waals surface area (Å²) in [6, 6.07) is 2.21. The summed E-state index contributed by atoms with van der Waals surface area (Å²) in [4.78, 5) is 2.31. The van der Waals surface area contributed by atoms with E-state index in [9.17, 15) is 0 Å². The molecule has 3 heterocycles. The summed E-state index contributed by atoms with van der Waals surface area (Å²) in [5, 5.41) is 8.10. The second kappa shape index (κ2) is 4.43. The van der Waals surface area contributed by atoms with Gasteiger partial charge in [-0.05, 0) is 13.0 Å². The molecule has 5 heteroatoms. The number of rotatable bonds is 1. The normalized spacial score (nSPS) is 21.6. The van der Waals surface area contributed by atoms with Crippen LogP contribution in [0, 0.1) is 0 Å². The number of aryl methyl sites for hydroxylation is 1. The maximum Gasteiger partial charge on any atom is 0.151 e. The van der Waals surface area contributed by atoms with Crippen molar-refractivity contribution in [2.75, 3.05) is 37.7 Å². The molecule has 1 fully saturated rings. The minimum Gasteiger partial charge on any atom is -0.378 e. The molecule has 0 spiro atoms. The number of morpholine rings is 1. The van der Waals surface area contributed by atoms with Crippen molar-refractivity contribution in [3.63, 3.8) is 0 Å². The van der Waals surface area contributed by atoms with Crippen LogP contribution >= 0.6 is 0 Å². The van der Waals surface area contributed by atoms with Gasteiger partial charge < -0.3 is 15.0 Å². The van der Waals surface area contributed by atoms with Crippen LogP contribution in [0.15, 0.2) is 6.07 Å². The molecule has 88 valence electrons. The Morgan fingerprint density at radius 3 is 3.00 bits per heavy atom. The molecule has 0 unspecified atom stereocenters. The molecule has 2 aliphatic rings. The second-order valence-corrected chi connectivity index (χ2v) is 4.35. The molecular weight excluding hydrogens is 204 g/mol. The van der Waals surface area contributed by atoms with E-state index < -0.39 is 0 Å². The van der Waals surface area contributed by atoms with Gasteiger partial charge in [0, 0.05) is 32.2 Å². The molecule has 1 aromatic rings. The molecule has 0 radical (unpaired) electrons. The molecule has 1 aromatic heterocycles. The minimum absolute atomic E-state index is 0.820. The van der Waals surface area contributed by atoms with Gasteiger partial charge in [0.05, 0.1) is 18.9 Å². The lowest BCUT2D eigenvalue weighted by Gasteiger charge is -2.26. The number of nitrogens with zero attached hydrogens (tertiary/aromatic N) is 3. The van der Waals surface area contributed by atoms with E-state index in [0.717, 1.165) is 58.2 Å². The summed E-state index contributed by atoms with van der Waals surface area (Å²) in [6.45, 7) is 6.63. The van der Waals surface area contributed by atoms with E-state index in [2.05, 4.69) is 26.1 Å². The quantitative estimate of drug-likeness (QED) is 0.738. The summed E-state index contributed by atoms with van der Waals surface area (Å²) in [6.07, 6.45) is 1.16. The first-order chi connectivity index (χ1) is 7.93. The molecule has 2 aliphatic heterocycles. The van der Waals surface area contributed by atoms with E-state index >= 15 is 0 Å². The molecule has 1 N–H and O–H groups in total. The average molecular weight is 222 g/mol. The third-order valence-corrected chi connectivity index (χ3v) is 3.22. The van der Waals surface area contributed by atoms with Gasteiger partial charge in [0.1, 0.15) is 0 Å². The standard InChI is InChI=1S/C11H18N4O/c1-2-12-9-10-8-11(13-15(10)3-1)14-4-6-16-7-5-14/h8,12H,1-7,9H2. The third-order valence-electron chi connectivity index (χ3n) is 3.22. The zero-order chi connectivity index (χ0) is 10.8. The van der Waals surface area contributed by atoms with Gasteiger partial charge in [-0.25, -0.2) is 0 Å². The number of nitrogens with one attached hydrogen (secondary N) is 1. The van der Waals surface area contributed by atoms with Crippen molar-refractivity contribution in [1.82, 2.24) is 15.1 Å². The molecule has 1 saturated heterocycles. The lowest BCUT2D eigenvalue weighted by atomic mass is 10.3. The van der Waals surface area contributed by atoms with Gasteiger partial charge in [-0.3, -0.25) is 4.68 Å². The van der Waals surface area contributed by atoms with Crippen LogP contribution in [0.5, 0.6) is 0 Å². The minimum atomic E-state index is 0.820. The first kappa shape index (κ1) is 10.1. The molecule has 3 rings (SSSR count). The molecular formula is C11H18N4O. The van der Waals surface area contributed by atoms with Crippen LogP contribution in [-0.2, 0) is 17.8 Å². The number of hydrogen-bond donors (Lipinski definition) is 1. The molecule has 0 aromatic carbocycles. The fourth-order valence-corrected chi connectivity index (χ4v) is 2.29. The Labute approximate surface area is 95.4 Å². The zero-order valence-electron chi connectivity index (χ0n) is 9.48. The van der Waals surface area contributed by atoms with Crippen LogP contribution in [0.25, 0.3) is 0 Å². The van der Waals surface area contributed by atoms with Crippen molar-refractivity contribution >= 4 is 5.82 Å². The number of ether oxygens (including phenoxy) is 1. The Hall–Kier alpha value is -1.07. The SMILES string of the molecule is c1c(N2CCOCC2)nn2c1CNCCC2. The van der Waals surface area contributed by atoms with Crippen LogP contribution in [0.4, 0.5) is 5.82 Å². The highest BCUT2D eigenvalue weighted by atomic mass is 16.5. The number of aromatic nitrogens is 2. The molecule has 0 bridgehead atoms. The summed E-state index contributed by atoms with van der Waals surface area (Å²) in [5.74, 6) is 1.11. The predicted octanol–water partition coefficient (Wildman–Crippen LogP) is 0.213. The molecule has 0 saturated carbocycles. The highest BCUT2D eigenvalue weighted by molar-refractivity contribution is 5.40. The highest BCUT2D eigenvalue weighted by Crippen LogP contribution is 2.17. The second-order valence-electron chi connectivity index (χ2n) is 4.35. The summed E-state index contributed by atoms with van der Waals surface area (Å²) in [7, 11) is 0. The monoisotopic (exact) mass is 222 g/mol. The number of hydrogen-bond acceptors (Lipinski definition) is 4. The van der Waals surface area contributed by atoms with E-state index in [1.54, 1.807) is 0 Å². The summed E-state index contributed by atoms with van der Waals surface area (Å²) >= 11 is 0. The van der Waals surface area contributed by atoms with Crippen molar-refractivity contribution in [1.29, 1.82) is 0 Å². The van der Waals surface area contributed by atoms with Crippen molar-refractivity contribution in [2.24, 2.45) is 0 Å². The lowest BCUT2D eigenvalue weighted by Crippen LogP contribution is -2.36. The average Bonchev–Trinajstić information content (AvgIpc) is 2.62. The fraction of sp³-hybridized carbons (Fsp3) is 0.727. The van der Waals surface area contributed by atoms with Crippen LogP contribution in [0.3, 0.4) is 0 Å². The van der Waals surface area contributed by atoms with Gasteiger partial charge in [0.15, 0.2) is 5.82 Å². The van der Waals surface area contributed by atoms with Gasteiger partial charge in [0.2, 0.25) is 0 Å². The highest BCUT2D eigenvalue weighted by Gasteiger charge is 2.17. The maximum absolute atomic E-state index is 5.35. The van der Waals surface area contributed by atoms with Gasteiger partial charge in [-0.1, -0.05) is 0 Å². The van der Waals surface area contributed by atoms with Crippen LogP contribution < -0.4 is 10.2 Å². The Balaban J connectivity index is 1.80.